The summed E-state index contributed by atoms with van der Waals surface area (Å²) in [7, 11) is 0. The van der Waals surface area contributed by atoms with Crippen LogP contribution in [0.5, 0.6) is 0 Å². The van der Waals surface area contributed by atoms with Crippen LogP contribution in [0.15, 0.2) is 0 Å². The minimum Gasteiger partial charge on any atom is -0.315 e. The van der Waals surface area contributed by atoms with Crippen molar-refractivity contribution >= 4 is 0 Å². The largest absolute Gasteiger partial charge is 0.315 e. The van der Waals surface area contributed by atoms with E-state index in [9.17, 15) is 0 Å². The standard InChI is InChI=1S/C12H28N2/c1-5-9-13-10-11-14-12(6-2,7-3)8-4/h13-14H,5-11H2,1-4H3. The van der Waals surface area contributed by atoms with Gasteiger partial charge in [0.1, 0.15) is 0 Å². The summed E-state index contributed by atoms with van der Waals surface area (Å²) < 4.78 is 0. The molecule has 0 saturated carbocycles. The van der Waals surface area contributed by atoms with E-state index in [2.05, 4.69) is 38.3 Å². The van der Waals surface area contributed by atoms with Crippen LogP contribution in [0, 0.1) is 0 Å². The highest BCUT2D eigenvalue weighted by atomic mass is 15.0. The Bertz CT molecular complexity index is 111. The molecule has 0 aliphatic heterocycles. The van der Waals surface area contributed by atoms with Crippen LogP contribution < -0.4 is 10.6 Å². The molecule has 2 nitrogen and oxygen atoms in total. The van der Waals surface area contributed by atoms with Crippen LogP contribution in [0.25, 0.3) is 0 Å². The van der Waals surface area contributed by atoms with Gasteiger partial charge >= 0.3 is 0 Å². The molecule has 0 heterocycles. The molecule has 2 N–H and O–H groups in total. The third-order valence-electron chi connectivity index (χ3n) is 3.26. The molecule has 0 unspecified atom stereocenters. The van der Waals surface area contributed by atoms with E-state index in [1.807, 2.05) is 0 Å². The highest BCUT2D eigenvalue weighted by molar-refractivity contribution is 4.83. The number of hydrogen-bond acceptors (Lipinski definition) is 2. The van der Waals surface area contributed by atoms with E-state index < -0.39 is 0 Å². The van der Waals surface area contributed by atoms with Gasteiger partial charge in [0.15, 0.2) is 0 Å². The van der Waals surface area contributed by atoms with Crippen LogP contribution in [-0.4, -0.2) is 25.2 Å². The highest BCUT2D eigenvalue weighted by Gasteiger charge is 2.21. The zero-order chi connectivity index (χ0) is 10.9. The maximum Gasteiger partial charge on any atom is 0.0174 e. The van der Waals surface area contributed by atoms with Gasteiger partial charge in [0.2, 0.25) is 0 Å². The molecule has 0 aromatic carbocycles. The van der Waals surface area contributed by atoms with Crippen LogP contribution in [0.3, 0.4) is 0 Å². The third-order valence-corrected chi connectivity index (χ3v) is 3.26. The molecule has 0 bridgehead atoms. The molecule has 0 spiro atoms. The molecule has 14 heavy (non-hydrogen) atoms. The van der Waals surface area contributed by atoms with Gasteiger partial charge in [0.05, 0.1) is 0 Å². The Morgan fingerprint density at radius 1 is 0.786 bits per heavy atom. The van der Waals surface area contributed by atoms with E-state index in [1.165, 1.54) is 25.7 Å². The van der Waals surface area contributed by atoms with Crippen molar-refractivity contribution in [3.63, 3.8) is 0 Å². The van der Waals surface area contributed by atoms with Crippen molar-refractivity contribution in [2.75, 3.05) is 19.6 Å². The molecular formula is C12H28N2. The molecule has 0 amide bonds. The first-order valence-corrected chi connectivity index (χ1v) is 6.20. The van der Waals surface area contributed by atoms with Crippen molar-refractivity contribution in [1.29, 1.82) is 0 Å². The number of nitrogens with one attached hydrogen (secondary N) is 2. The fourth-order valence-electron chi connectivity index (χ4n) is 1.84. The van der Waals surface area contributed by atoms with Gasteiger partial charge in [-0.2, -0.15) is 0 Å². The van der Waals surface area contributed by atoms with Crippen molar-refractivity contribution < 1.29 is 0 Å². The maximum atomic E-state index is 3.68. The van der Waals surface area contributed by atoms with E-state index in [-0.39, 0.29) is 0 Å². The maximum absolute atomic E-state index is 3.68. The lowest BCUT2D eigenvalue weighted by atomic mass is 9.90. The predicted octanol–water partition coefficient (Wildman–Crippen LogP) is 2.54. The van der Waals surface area contributed by atoms with Gasteiger partial charge in [-0.3, -0.25) is 0 Å². The smallest absolute Gasteiger partial charge is 0.0174 e. The first kappa shape index (κ1) is 13.9. The van der Waals surface area contributed by atoms with Gasteiger partial charge in [-0.1, -0.05) is 27.7 Å². The average Bonchev–Trinajstić information content (AvgIpc) is 2.24. The SMILES string of the molecule is CCCNCCNC(CC)(CC)CC. The van der Waals surface area contributed by atoms with Gasteiger partial charge in [0.25, 0.3) is 0 Å². The minimum atomic E-state index is 0.383. The molecule has 0 aromatic rings. The molecule has 0 atom stereocenters. The van der Waals surface area contributed by atoms with Crippen LogP contribution in [0.4, 0.5) is 0 Å². The summed E-state index contributed by atoms with van der Waals surface area (Å²) in [6.45, 7) is 12.4. The van der Waals surface area contributed by atoms with Crippen LogP contribution >= 0.6 is 0 Å². The molecule has 0 rings (SSSR count). The van der Waals surface area contributed by atoms with Gasteiger partial charge < -0.3 is 10.6 Å². The van der Waals surface area contributed by atoms with Crippen molar-refractivity contribution in [1.82, 2.24) is 10.6 Å². The van der Waals surface area contributed by atoms with Gasteiger partial charge in [-0.15, -0.1) is 0 Å². The molecule has 0 saturated heterocycles. The normalized spacial score (nSPS) is 12.0. The monoisotopic (exact) mass is 200 g/mol. The lowest BCUT2D eigenvalue weighted by Gasteiger charge is -2.32. The first-order chi connectivity index (χ1) is 6.74. The molecule has 0 aromatic heterocycles. The van der Waals surface area contributed by atoms with E-state index >= 15 is 0 Å². The minimum absolute atomic E-state index is 0.383. The van der Waals surface area contributed by atoms with Gasteiger partial charge in [-0.25, -0.2) is 0 Å². The van der Waals surface area contributed by atoms with Crippen molar-refractivity contribution in [2.45, 2.75) is 58.9 Å². The molecule has 86 valence electrons. The fraction of sp³-hybridized carbons (Fsp3) is 1.00. The van der Waals surface area contributed by atoms with Gasteiger partial charge in [-0.05, 0) is 32.2 Å². The summed E-state index contributed by atoms with van der Waals surface area (Å²) in [4.78, 5) is 0. The Kier molecular flexibility index (Phi) is 8.20. The van der Waals surface area contributed by atoms with Crippen molar-refractivity contribution in [3.8, 4) is 0 Å². The topological polar surface area (TPSA) is 24.1 Å². The lowest BCUT2D eigenvalue weighted by molar-refractivity contribution is 0.291. The molecular weight excluding hydrogens is 172 g/mol. The fourth-order valence-corrected chi connectivity index (χ4v) is 1.84. The zero-order valence-corrected chi connectivity index (χ0v) is 10.4. The van der Waals surface area contributed by atoms with Crippen molar-refractivity contribution in [3.05, 3.63) is 0 Å². The van der Waals surface area contributed by atoms with E-state index in [0.29, 0.717) is 5.54 Å². The number of hydrogen-bond donors (Lipinski definition) is 2. The lowest BCUT2D eigenvalue weighted by Crippen LogP contribution is -2.46. The van der Waals surface area contributed by atoms with Gasteiger partial charge in [0, 0.05) is 18.6 Å². The Morgan fingerprint density at radius 3 is 1.79 bits per heavy atom. The summed E-state index contributed by atoms with van der Waals surface area (Å²) in [6, 6.07) is 0. The second-order valence-electron chi connectivity index (χ2n) is 4.02. The number of rotatable bonds is 9. The van der Waals surface area contributed by atoms with E-state index in [0.717, 1.165) is 19.6 Å². The quantitative estimate of drug-likeness (QED) is 0.559. The summed E-state index contributed by atoms with van der Waals surface area (Å²) in [5.74, 6) is 0. The predicted molar refractivity (Wildman–Crippen MR) is 64.8 cm³/mol. The second-order valence-corrected chi connectivity index (χ2v) is 4.02. The van der Waals surface area contributed by atoms with Crippen LogP contribution in [0.1, 0.15) is 53.4 Å². The second kappa shape index (κ2) is 8.25. The van der Waals surface area contributed by atoms with Crippen LogP contribution in [0.2, 0.25) is 0 Å². The Hall–Kier alpha value is -0.0800. The molecule has 0 radical (unpaired) electrons. The average molecular weight is 200 g/mol. The first-order valence-electron chi connectivity index (χ1n) is 6.20. The zero-order valence-electron chi connectivity index (χ0n) is 10.4. The summed E-state index contributed by atoms with van der Waals surface area (Å²) in [5, 5.41) is 7.10. The van der Waals surface area contributed by atoms with E-state index in [4.69, 9.17) is 0 Å². The molecule has 2 heteroatoms. The van der Waals surface area contributed by atoms with Crippen LogP contribution in [-0.2, 0) is 0 Å². The van der Waals surface area contributed by atoms with E-state index in [1.54, 1.807) is 0 Å². The molecule has 0 aliphatic rings. The van der Waals surface area contributed by atoms with Crippen molar-refractivity contribution in [2.24, 2.45) is 0 Å². The Morgan fingerprint density at radius 2 is 1.36 bits per heavy atom. The molecule has 0 fully saturated rings. The highest BCUT2D eigenvalue weighted by Crippen LogP contribution is 2.18. The summed E-state index contributed by atoms with van der Waals surface area (Å²) >= 11 is 0. The Labute approximate surface area is 89.9 Å². The molecule has 0 aliphatic carbocycles. The third kappa shape index (κ3) is 4.97. The summed E-state index contributed by atoms with van der Waals surface area (Å²) in [6.07, 6.45) is 4.91. The Balaban J connectivity index is 3.61. The summed E-state index contributed by atoms with van der Waals surface area (Å²) in [5.41, 5.74) is 0.383.